The van der Waals surface area contributed by atoms with Crippen LogP contribution in [-0.4, -0.2) is 27.3 Å². The van der Waals surface area contributed by atoms with E-state index in [1.54, 1.807) is 19.1 Å². The lowest BCUT2D eigenvalue weighted by Crippen LogP contribution is -2.62. The number of imide groups is 1. The van der Waals surface area contributed by atoms with Gasteiger partial charge in [-0.3, -0.25) is 9.59 Å². The zero-order valence-electron chi connectivity index (χ0n) is 12.0. The Kier molecular flexibility index (Phi) is 3.78. The van der Waals surface area contributed by atoms with Crippen molar-refractivity contribution >= 4 is 27.7 Å². The van der Waals surface area contributed by atoms with Crippen LogP contribution in [-0.2, 0) is 4.79 Å². The van der Waals surface area contributed by atoms with Crippen LogP contribution < -0.4 is 4.74 Å². The molecule has 4 nitrogen and oxygen atoms in total. The van der Waals surface area contributed by atoms with Crippen molar-refractivity contribution in [1.29, 1.82) is 0 Å². The zero-order valence-corrected chi connectivity index (χ0v) is 13.6. The number of alkyl halides is 1. The summed E-state index contributed by atoms with van der Waals surface area (Å²) in [6.45, 7) is 1.74. The Labute approximate surface area is 132 Å². The standard InChI is InChI=1S/C16H18BrNO3/c1-11(17)14(19)18-15(20)12-7-3-4-8-13(12)21-16(18)9-5-2-6-10-16/h3-4,7-8,11H,2,5-6,9-10H2,1H3/t11-/m0/s1. The van der Waals surface area contributed by atoms with Gasteiger partial charge < -0.3 is 4.74 Å². The fourth-order valence-corrected chi connectivity index (χ4v) is 3.40. The lowest BCUT2D eigenvalue weighted by atomic mass is 9.88. The molecule has 1 spiro atoms. The Morgan fingerprint density at radius 1 is 1.29 bits per heavy atom. The predicted octanol–water partition coefficient (Wildman–Crippen LogP) is 3.49. The number of halogens is 1. The second-order valence-corrected chi connectivity index (χ2v) is 7.07. The summed E-state index contributed by atoms with van der Waals surface area (Å²) in [4.78, 5) is 26.4. The molecular formula is C16H18BrNO3. The molecule has 0 N–H and O–H groups in total. The number of ether oxygens (including phenoxy) is 1. The van der Waals surface area contributed by atoms with Crippen molar-refractivity contribution < 1.29 is 14.3 Å². The average molecular weight is 352 g/mol. The first-order chi connectivity index (χ1) is 10.1. The van der Waals surface area contributed by atoms with Gasteiger partial charge in [0.15, 0.2) is 5.72 Å². The highest BCUT2D eigenvalue weighted by Gasteiger charge is 2.51. The maximum atomic E-state index is 12.8. The third kappa shape index (κ3) is 2.37. The van der Waals surface area contributed by atoms with E-state index in [0.29, 0.717) is 24.2 Å². The minimum atomic E-state index is -0.803. The Balaban J connectivity index is 2.09. The number of hydrogen-bond acceptors (Lipinski definition) is 3. The van der Waals surface area contributed by atoms with Crippen molar-refractivity contribution in [3.8, 4) is 5.75 Å². The van der Waals surface area contributed by atoms with Crippen molar-refractivity contribution in [1.82, 2.24) is 4.90 Å². The van der Waals surface area contributed by atoms with E-state index in [1.807, 2.05) is 12.1 Å². The lowest BCUT2D eigenvalue weighted by Gasteiger charge is -2.48. The van der Waals surface area contributed by atoms with Crippen molar-refractivity contribution in [2.24, 2.45) is 0 Å². The normalized spacial score (nSPS) is 21.6. The SMILES string of the molecule is C[C@H](Br)C(=O)N1C(=O)c2ccccc2OC12CCCCC2. The van der Waals surface area contributed by atoms with E-state index in [9.17, 15) is 9.59 Å². The number of para-hydroxylation sites is 1. The molecule has 2 amide bonds. The second kappa shape index (κ2) is 5.44. The number of carbonyl (C=O) groups excluding carboxylic acids is 2. The molecule has 1 aromatic rings. The second-order valence-electron chi connectivity index (χ2n) is 5.70. The quantitative estimate of drug-likeness (QED) is 0.727. The van der Waals surface area contributed by atoms with Crippen molar-refractivity contribution in [3.05, 3.63) is 29.8 Å². The fourth-order valence-electron chi connectivity index (χ4n) is 3.20. The zero-order chi connectivity index (χ0) is 15.0. The van der Waals surface area contributed by atoms with Crippen molar-refractivity contribution in [2.75, 3.05) is 0 Å². The molecule has 2 aliphatic rings. The lowest BCUT2D eigenvalue weighted by molar-refractivity contribution is -0.152. The van der Waals surface area contributed by atoms with Crippen LogP contribution in [0.15, 0.2) is 24.3 Å². The highest BCUT2D eigenvalue weighted by atomic mass is 79.9. The van der Waals surface area contributed by atoms with E-state index in [4.69, 9.17) is 4.74 Å². The van der Waals surface area contributed by atoms with Gasteiger partial charge in [-0.15, -0.1) is 0 Å². The summed E-state index contributed by atoms with van der Waals surface area (Å²) >= 11 is 3.29. The van der Waals surface area contributed by atoms with E-state index in [-0.39, 0.29) is 11.8 Å². The van der Waals surface area contributed by atoms with Gasteiger partial charge in [0.2, 0.25) is 5.91 Å². The summed E-state index contributed by atoms with van der Waals surface area (Å²) in [5, 5.41) is 0. The van der Waals surface area contributed by atoms with Gasteiger partial charge in [0, 0.05) is 12.8 Å². The first kappa shape index (κ1) is 14.6. The van der Waals surface area contributed by atoms with Crippen molar-refractivity contribution in [2.45, 2.75) is 49.6 Å². The smallest absolute Gasteiger partial charge is 0.267 e. The van der Waals surface area contributed by atoms with Crippen LogP contribution in [0.25, 0.3) is 0 Å². The molecule has 3 rings (SSSR count). The van der Waals surface area contributed by atoms with Crippen LogP contribution in [0.1, 0.15) is 49.4 Å². The molecule has 21 heavy (non-hydrogen) atoms. The molecule has 112 valence electrons. The van der Waals surface area contributed by atoms with Crippen LogP contribution in [0.5, 0.6) is 5.75 Å². The molecule has 5 heteroatoms. The Morgan fingerprint density at radius 3 is 2.62 bits per heavy atom. The Morgan fingerprint density at radius 2 is 1.95 bits per heavy atom. The molecule has 0 unspecified atom stereocenters. The maximum absolute atomic E-state index is 12.8. The molecule has 0 saturated heterocycles. The third-order valence-electron chi connectivity index (χ3n) is 4.22. The summed E-state index contributed by atoms with van der Waals surface area (Å²) in [6.07, 6.45) is 4.47. The van der Waals surface area contributed by atoms with Crippen LogP contribution in [0, 0.1) is 0 Å². The Bertz CT molecular complexity index is 579. The molecule has 1 fully saturated rings. The number of carbonyl (C=O) groups is 2. The molecule has 0 bridgehead atoms. The summed E-state index contributed by atoms with van der Waals surface area (Å²) < 4.78 is 6.18. The van der Waals surface area contributed by atoms with Gasteiger partial charge >= 0.3 is 0 Å². The van der Waals surface area contributed by atoms with Crippen LogP contribution in [0.2, 0.25) is 0 Å². The first-order valence-electron chi connectivity index (χ1n) is 7.36. The highest BCUT2D eigenvalue weighted by molar-refractivity contribution is 9.10. The molecule has 1 atom stereocenters. The molecule has 0 radical (unpaired) electrons. The number of amides is 2. The van der Waals surface area contributed by atoms with E-state index < -0.39 is 10.6 Å². The van der Waals surface area contributed by atoms with E-state index >= 15 is 0 Å². The summed E-state index contributed by atoms with van der Waals surface area (Å²) in [6, 6.07) is 7.17. The summed E-state index contributed by atoms with van der Waals surface area (Å²) in [5.41, 5.74) is -0.335. The predicted molar refractivity (Wildman–Crippen MR) is 82.5 cm³/mol. The molecule has 0 aromatic heterocycles. The molecule has 1 aliphatic carbocycles. The molecule has 1 heterocycles. The number of benzene rings is 1. The summed E-state index contributed by atoms with van der Waals surface area (Å²) in [5.74, 6) is 0.127. The topological polar surface area (TPSA) is 46.6 Å². The van der Waals surface area contributed by atoms with Gasteiger partial charge in [-0.25, -0.2) is 4.90 Å². The van der Waals surface area contributed by atoms with Crippen LogP contribution in [0.4, 0.5) is 0 Å². The number of nitrogens with zero attached hydrogens (tertiary/aromatic N) is 1. The molecule has 1 aliphatic heterocycles. The highest BCUT2D eigenvalue weighted by Crippen LogP contribution is 2.42. The number of hydrogen-bond donors (Lipinski definition) is 0. The van der Waals surface area contributed by atoms with Gasteiger partial charge in [0.1, 0.15) is 5.75 Å². The average Bonchev–Trinajstić information content (AvgIpc) is 2.48. The first-order valence-corrected chi connectivity index (χ1v) is 8.27. The van der Waals surface area contributed by atoms with Gasteiger partial charge in [-0.05, 0) is 31.9 Å². The van der Waals surface area contributed by atoms with Gasteiger partial charge in [0.05, 0.1) is 10.4 Å². The fraction of sp³-hybridized carbons (Fsp3) is 0.500. The molecular weight excluding hydrogens is 334 g/mol. The monoisotopic (exact) mass is 351 g/mol. The summed E-state index contributed by atoms with van der Waals surface area (Å²) in [7, 11) is 0. The van der Waals surface area contributed by atoms with Crippen LogP contribution in [0.3, 0.4) is 0 Å². The maximum Gasteiger partial charge on any atom is 0.267 e. The van der Waals surface area contributed by atoms with E-state index in [0.717, 1.165) is 19.3 Å². The number of rotatable bonds is 1. The third-order valence-corrected chi connectivity index (χ3v) is 4.62. The number of fused-ring (bicyclic) bond motifs is 1. The van der Waals surface area contributed by atoms with E-state index in [1.165, 1.54) is 4.90 Å². The largest absolute Gasteiger partial charge is 0.467 e. The molecule has 1 saturated carbocycles. The van der Waals surface area contributed by atoms with Crippen molar-refractivity contribution in [3.63, 3.8) is 0 Å². The van der Waals surface area contributed by atoms with Gasteiger partial charge in [-0.1, -0.05) is 34.5 Å². The minimum Gasteiger partial charge on any atom is -0.467 e. The van der Waals surface area contributed by atoms with E-state index in [2.05, 4.69) is 15.9 Å². The molecule has 1 aromatic carbocycles. The Hall–Kier alpha value is -1.36. The van der Waals surface area contributed by atoms with Crippen LogP contribution >= 0.6 is 15.9 Å². The van der Waals surface area contributed by atoms with Gasteiger partial charge in [0.25, 0.3) is 5.91 Å². The minimum absolute atomic E-state index is 0.226. The van der Waals surface area contributed by atoms with Gasteiger partial charge in [-0.2, -0.15) is 0 Å².